The zero-order valence-electron chi connectivity index (χ0n) is 11.8. The number of alkyl halides is 1. The number of carbonyl (C=O) groups excluding carboxylic acids is 1. The zero-order chi connectivity index (χ0) is 15.8. The highest BCUT2D eigenvalue weighted by molar-refractivity contribution is 5.88. The summed E-state index contributed by atoms with van der Waals surface area (Å²) < 4.78 is 31.7. The van der Waals surface area contributed by atoms with Crippen molar-refractivity contribution in [1.82, 2.24) is 0 Å². The number of carboxylic acid groups (broad SMARTS) is 1. The van der Waals surface area contributed by atoms with Crippen molar-refractivity contribution in [3.63, 3.8) is 0 Å². The van der Waals surface area contributed by atoms with Crippen LogP contribution < -0.4 is 4.74 Å². The lowest BCUT2D eigenvalue weighted by Gasteiger charge is -2.09. The number of aromatic carboxylic acids is 1. The molecule has 21 heavy (non-hydrogen) atoms. The summed E-state index contributed by atoms with van der Waals surface area (Å²) in [4.78, 5) is 22.1. The SMILES string of the molecule is CCCCCC[C@H](F)C(=O)Oc1ccc(C(=O)O)cc1F. The molecule has 1 rings (SSSR count). The first-order valence-electron chi connectivity index (χ1n) is 6.84. The zero-order valence-corrected chi connectivity index (χ0v) is 11.8. The fourth-order valence-electron chi connectivity index (χ4n) is 1.76. The van der Waals surface area contributed by atoms with Crippen LogP contribution in [0.15, 0.2) is 18.2 Å². The number of halogens is 2. The highest BCUT2D eigenvalue weighted by atomic mass is 19.1. The Kier molecular flexibility index (Phi) is 6.78. The number of carboxylic acids is 1. The molecular formula is C15H18F2O4. The van der Waals surface area contributed by atoms with E-state index in [4.69, 9.17) is 5.11 Å². The fourth-order valence-corrected chi connectivity index (χ4v) is 1.76. The second-order valence-corrected chi connectivity index (χ2v) is 4.69. The molecule has 1 aromatic carbocycles. The molecule has 0 saturated heterocycles. The van der Waals surface area contributed by atoms with Gasteiger partial charge in [0.05, 0.1) is 5.56 Å². The van der Waals surface area contributed by atoms with Gasteiger partial charge in [-0.2, -0.15) is 0 Å². The second kappa shape index (κ2) is 8.34. The average molecular weight is 300 g/mol. The molecule has 1 atom stereocenters. The van der Waals surface area contributed by atoms with Crippen molar-refractivity contribution in [2.75, 3.05) is 0 Å². The Morgan fingerprint density at radius 2 is 2.00 bits per heavy atom. The Morgan fingerprint density at radius 1 is 1.29 bits per heavy atom. The van der Waals surface area contributed by atoms with E-state index in [1.807, 2.05) is 6.92 Å². The lowest BCUT2D eigenvalue weighted by molar-refractivity contribution is -0.140. The van der Waals surface area contributed by atoms with Gasteiger partial charge in [-0.1, -0.05) is 26.2 Å². The molecule has 4 nitrogen and oxygen atoms in total. The summed E-state index contributed by atoms with van der Waals surface area (Å²) in [7, 11) is 0. The normalized spacial score (nSPS) is 12.0. The van der Waals surface area contributed by atoms with Gasteiger partial charge in [-0.3, -0.25) is 0 Å². The molecule has 0 aliphatic heterocycles. The van der Waals surface area contributed by atoms with E-state index >= 15 is 0 Å². The molecule has 1 N–H and O–H groups in total. The molecule has 0 unspecified atom stereocenters. The maximum Gasteiger partial charge on any atom is 0.346 e. The number of hydrogen-bond acceptors (Lipinski definition) is 3. The Balaban J connectivity index is 2.56. The monoisotopic (exact) mass is 300 g/mol. The molecule has 0 aliphatic rings. The van der Waals surface area contributed by atoms with E-state index in [2.05, 4.69) is 4.74 Å². The van der Waals surface area contributed by atoms with Crippen molar-refractivity contribution < 1.29 is 28.2 Å². The number of esters is 1. The van der Waals surface area contributed by atoms with Gasteiger partial charge in [-0.15, -0.1) is 0 Å². The Morgan fingerprint density at radius 3 is 2.57 bits per heavy atom. The molecular weight excluding hydrogens is 282 g/mol. The highest BCUT2D eigenvalue weighted by Gasteiger charge is 2.21. The van der Waals surface area contributed by atoms with Crippen molar-refractivity contribution in [1.29, 1.82) is 0 Å². The molecule has 0 radical (unpaired) electrons. The van der Waals surface area contributed by atoms with E-state index < -0.39 is 29.7 Å². The molecule has 6 heteroatoms. The molecule has 1 aromatic rings. The number of hydrogen-bond donors (Lipinski definition) is 1. The third-order valence-electron chi connectivity index (χ3n) is 2.96. The number of unbranched alkanes of at least 4 members (excludes halogenated alkanes) is 3. The average Bonchev–Trinajstić information content (AvgIpc) is 2.45. The highest BCUT2D eigenvalue weighted by Crippen LogP contribution is 2.20. The van der Waals surface area contributed by atoms with Crippen molar-refractivity contribution in [2.24, 2.45) is 0 Å². The van der Waals surface area contributed by atoms with Crippen molar-refractivity contribution in [3.05, 3.63) is 29.6 Å². The molecule has 0 saturated carbocycles. The summed E-state index contributed by atoms with van der Waals surface area (Å²) in [6, 6.07) is 2.81. The van der Waals surface area contributed by atoms with E-state index in [1.165, 1.54) is 0 Å². The summed E-state index contributed by atoms with van der Waals surface area (Å²) in [6.45, 7) is 2.02. The summed E-state index contributed by atoms with van der Waals surface area (Å²) in [6.07, 6.45) is 1.58. The van der Waals surface area contributed by atoms with Gasteiger partial charge < -0.3 is 9.84 Å². The van der Waals surface area contributed by atoms with Gasteiger partial charge >= 0.3 is 11.9 Å². The van der Waals surface area contributed by atoms with Crippen LogP contribution in [0.25, 0.3) is 0 Å². The molecule has 0 fully saturated rings. The fraction of sp³-hybridized carbons (Fsp3) is 0.467. The number of rotatable bonds is 8. The first-order valence-corrected chi connectivity index (χ1v) is 6.84. The van der Waals surface area contributed by atoms with Gasteiger partial charge in [0.25, 0.3) is 0 Å². The molecule has 0 bridgehead atoms. The molecule has 0 spiro atoms. The van der Waals surface area contributed by atoms with Crippen LogP contribution in [0.4, 0.5) is 8.78 Å². The summed E-state index contributed by atoms with van der Waals surface area (Å²) in [5.74, 6) is -3.94. The minimum absolute atomic E-state index is 0.0354. The van der Waals surface area contributed by atoms with E-state index in [1.54, 1.807) is 0 Å². The van der Waals surface area contributed by atoms with E-state index in [-0.39, 0.29) is 12.0 Å². The predicted molar refractivity (Wildman–Crippen MR) is 72.6 cm³/mol. The molecule has 116 valence electrons. The van der Waals surface area contributed by atoms with Crippen LogP contribution in [0.3, 0.4) is 0 Å². The van der Waals surface area contributed by atoms with Crippen molar-refractivity contribution in [3.8, 4) is 5.75 Å². The lowest BCUT2D eigenvalue weighted by Crippen LogP contribution is -2.22. The van der Waals surface area contributed by atoms with Crippen LogP contribution in [0.2, 0.25) is 0 Å². The lowest BCUT2D eigenvalue weighted by atomic mass is 10.1. The Bertz CT molecular complexity index is 502. The van der Waals surface area contributed by atoms with Crippen LogP contribution >= 0.6 is 0 Å². The van der Waals surface area contributed by atoms with Crippen LogP contribution in [0, 0.1) is 5.82 Å². The van der Waals surface area contributed by atoms with E-state index in [0.29, 0.717) is 6.42 Å². The molecule has 0 aromatic heterocycles. The summed E-state index contributed by atoms with van der Waals surface area (Å²) >= 11 is 0. The molecule has 0 heterocycles. The quantitative estimate of drug-likeness (QED) is 0.451. The molecule has 0 amide bonds. The summed E-state index contributed by atoms with van der Waals surface area (Å²) in [5.41, 5.74) is -0.274. The maximum atomic E-state index is 13.6. The van der Waals surface area contributed by atoms with Gasteiger partial charge in [-0.25, -0.2) is 18.4 Å². The van der Waals surface area contributed by atoms with E-state index in [9.17, 15) is 18.4 Å². The third kappa shape index (κ3) is 5.49. The first-order chi connectivity index (χ1) is 9.95. The second-order valence-electron chi connectivity index (χ2n) is 4.69. The van der Waals surface area contributed by atoms with Gasteiger partial charge in [0.15, 0.2) is 17.7 Å². The predicted octanol–water partition coefficient (Wildman–Crippen LogP) is 3.74. The Hall–Kier alpha value is -1.98. The largest absolute Gasteiger partial charge is 0.478 e. The standard InChI is InChI=1S/C15H18F2O4/c1-2-3-4-5-6-11(16)15(20)21-13-8-7-10(14(18)19)9-12(13)17/h7-9,11H,2-6H2,1H3,(H,18,19)/t11-/m0/s1. The summed E-state index contributed by atoms with van der Waals surface area (Å²) in [5, 5.41) is 8.68. The van der Waals surface area contributed by atoms with Crippen LogP contribution in [-0.4, -0.2) is 23.2 Å². The van der Waals surface area contributed by atoms with Crippen molar-refractivity contribution >= 4 is 11.9 Å². The number of ether oxygens (including phenoxy) is 1. The van der Waals surface area contributed by atoms with Crippen LogP contribution in [0.5, 0.6) is 5.75 Å². The maximum absolute atomic E-state index is 13.6. The third-order valence-corrected chi connectivity index (χ3v) is 2.96. The van der Waals surface area contributed by atoms with Gasteiger partial charge in [0.2, 0.25) is 0 Å². The number of carbonyl (C=O) groups is 2. The number of benzene rings is 1. The van der Waals surface area contributed by atoms with E-state index in [0.717, 1.165) is 37.5 Å². The Labute approximate surface area is 121 Å². The van der Waals surface area contributed by atoms with Crippen molar-refractivity contribution in [2.45, 2.75) is 45.2 Å². The van der Waals surface area contributed by atoms with Crippen LogP contribution in [-0.2, 0) is 4.79 Å². The van der Waals surface area contributed by atoms with Gasteiger partial charge in [-0.05, 0) is 31.0 Å². The molecule has 0 aliphatic carbocycles. The first kappa shape index (κ1) is 17.1. The van der Waals surface area contributed by atoms with Gasteiger partial charge in [0.1, 0.15) is 0 Å². The minimum Gasteiger partial charge on any atom is -0.478 e. The van der Waals surface area contributed by atoms with Crippen LogP contribution in [0.1, 0.15) is 49.4 Å². The van der Waals surface area contributed by atoms with Gasteiger partial charge in [0, 0.05) is 0 Å². The minimum atomic E-state index is -1.81. The smallest absolute Gasteiger partial charge is 0.346 e. The topological polar surface area (TPSA) is 63.6 Å².